The van der Waals surface area contributed by atoms with Gasteiger partial charge in [-0.05, 0) is 26.8 Å². The molecular formula is C25H29N7O2. The summed E-state index contributed by atoms with van der Waals surface area (Å²) in [5, 5.41) is 0.941. The van der Waals surface area contributed by atoms with Crippen LogP contribution in [0, 0.1) is 18.8 Å². The van der Waals surface area contributed by atoms with Gasteiger partial charge in [-0.25, -0.2) is 14.8 Å². The van der Waals surface area contributed by atoms with Crippen LogP contribution in [0.4, 0.5) is 5.82 Å². The molecule has 9 nitrogen and oxygen atoms in total. The first kappa shape index (κ1) is 23.3. The average Bonchev–Trinajstić information content (AvgIpc) is 3.18. The summed E-state index contributed by atoms with van der Waals surface area (Å²) in [6, 6.07) is 9.46. The Labute approximate surface area is 197 Å². The lowest BCUT2D eigenvalue weighted by Gasteiger charge is -2.22. The number of aryl methyl sites for hydroxylation is 2. The Morgan fingerprint density at radius 3 is 2.62 bits per heavy atom. The van der Waals surface area contributed by atoms with E-state index in [0.717, 1.165) is 22.4 Å². The van der Waals surface area contributed by atoms with Crippen LogP contribution in [0.3, 0.4) is 0 Å². The van der Waals surface area contributed by atoms with Gasteiger partial charge in [0.15, 0.2) is 0 Å². The SMILES string of the molecule is CC#CCn1c(N(C)C[C@H](C)N)cc2c1c(=O)n(Cc1nc(C)c3ccccc3n1)c(=O)n2C. The van der Waals surface area contributed by atoms with Gasteiger partial charge < -0.3 is 15.2 Å². The third kappa shape index (κ3) is 4.08. The van der Waals surface area contributed by atoms with Crippen LogP contribution >= 0.6 is 0 Å². The van der Waals surface area contributed by atoms with Crippen molar-refractivity contribution in [1.82, 2.24) is 23.7 Å². The van der Waals surface area contributed by atoms with Crippen LogP contribution in [0.5, 0.6) is 0 Å². The van der Waals surface area contributed by atoms with E-state index < -0.39 is 11.2 Å². The Bertz CT molecular complexity index is 1560. The van der Waals surface area contributed by atoms with Crippen LogP contribution < -0.4 is 21.9 Å². The second-order valence-corrected chi connectivity index (χ2v) is 8.58. The van der Waals surface area contributed by atoms with E-state index in [1.807, 2.05) is 60.7 Å². The molecule has 1 aromatic carbocycles. The van der Waals surface area contributed by atoms with Crippen molar-refractivity contribution in [2.75, 3.05) is 18.5 Å². The molecule has 0 aliphatic rings. The smallest absolute Gasteiger partial charge is 0.331 e. The molecule has 0 amide bonds. The number of hydrogen-bond donors (Lipinski definition) is 1. The fourth-order valence-electron chi connectivity index (χ4n) is 4.31. The lowest BCUT2D eigenvalue weighted by Crippen LogP contribution is -2.40. The minimum absolute atomic E-state index is 0.0250. The molecule has 0 saturated carbocycles. The fourth-order valence-corrected chi connectivity index (χ4v) is 4.31. The van der Waals surface area contributed by atoms with Crippen molar-refractivity contribution in [3.8, 4) is 11.8 Å². The molecule has 1 atom stereocenters. The summed E-state index contributed by atoms with van der Waals surface area (Å²) in [7, 11) is 3.58. The van der Waals surface area contributed by atoms with Gasteiger partial charge in [-0.2, -0.15) is 0 Å². The summed E-state index contributed by atoms with van der Waals surface area (Å²) in [5.41, 5.74) is 7.72. The maximum atomic E-state index is 13.7. The van der Waals surface area contributed by atoms with Crippen molar-refractivity contribution < 1.29 is 0 Å². The molecule has 9 heteroatoms. The highest BCUT2D eigenvalue weighted by atomic mass is 16.2. The topological polar surface area (TPSA) is 104 Å². The molecule has 0 fully saturated rings. The molecule has 2 N–H and O–H groups in total. The standard InChI is InChI=1S/C25H29N7O2/c1-6-7-12-31-22(29(4)14-16(2)26)13-20-23(31)24(33)32(25(34)30(20)5)15-21-27-17(3)18-10-8-9-11-19(18)28-21/h8-11,13,16H,12,14-15,26H2,1-5H3/t16-/m0/s1. The number of aromatic nitrogens is 5. The van der Waals surface area contributed by atoms with E-state index in [-0.39, 0.29) is 12.6 Å². The minimum Gasteiger partial charge on any atom is -0.359 e. The molecule has 0 aliphatic carbocycles. The van der Waals surface area contributed by atoms with E-state index in [4.69, 9.17) is 5.73 Å². The Hall–Kier alpha value is -3.90. The lowest BCUT2D eigenvalue weighted by atomic mass is 10.2. The molecule has 176 valence electrons. The summed E-state index contributed by atoms with van der Waals surface area (Å²) in [4.78, 5) is 38.0. The largest absolute Gasteiger partial charge is 0.359 e. The van der Waals surface area contributed by atoms with Gasteiger partial charge in [0, 0.05) is 43.8 Å². The highest BCUT2D eigenvalue weighted by Gasteiger charge is 2.21. The molecule has 3 heterocycles. The highest BCUT2D eigenvalue weighted by Crippen LogP contribution is 2.23. The van der Waals surface area contributed by atoms with Crippen LogP contribution in [0.1, 0.15) is 25.4 Å². The highest BCUT2D eigenvalue weighted by molar-refractivity contribution is 5.82. The average molecular weight is 460 g/mol. The van der Waals surface area contributed by atoms with Crippen molar-refractivity contribution in [3.63, 3.8) is 0 Å². The number of anilines is 1. The second kappa shape index (κ2) is 9.15. The first-order valence-electron chi connectivity index (χ1n) is 11.1. The van der Waals surface area contributed by atoms with Crippen LogP contribution in [-0.2, 0) is 20.1 Å². The Kier molecular flexibility index (Phi) is 6.26. The predicted octanol–water partition coefficient (Wildman–Crippen LogP) is 1.61. The zero-order valence-corrected chi connectivity index (χ0v) is 20.2. The number of benzene rings is 1. The van der Waals surface area contributed by atoms with E-state index in [1.165, 1.54) is 9.13 Å². The van der Waals surface area contributed by atoms with Crippen molar-refractivity contribution in [1.29, 1.82) is 0 Å². The zero-order valence-electron chi connectivity index (χ0n) is 20.2. The van der Waals surface area contributed by atoms with Crippen molar-refractivity contribution in [2.24, 2.45) is 12.8 Å². The van der Waals surface area contributed by atoms with Gasteiger partial charge in [0.05, 0.1) is 24.1 Å². The molecular weight excluding hydrogens is 430 g/mol. The minimum atomic E-state index is -0.424. The van der Waals surface area contributed by atoms with Crippen LogP contribution in [0.25, 0.3) is 21.9 Å². The van der Waals surface area contributed by atoms with E-state index >= 15 is 0 Å². The summed E-state index contributed by atoms with van der Waals surface area (Å²) in [6.45, 7) is 6.45. The summed E-state index contributed by atoms with van der Waals surface area (Å²) < 4.78 is 4.53. The maximum absolute atomic E-state index is 13.7. The normalized spacial score (nSPS) is 12.1. The number of nitrogens with two attached hydrogens (primary N) is 1. The second-order valence-electron chi connectivity index (χ2n) is 8.58. The molecule has 0 bridgehead atoms. The van der Waals surface area contributed by atoms with Gasteiger partial charge in [0.25, 0.3) is 5.56 Å². The van der Waals surface area contributed by atoms with Crippen LogP contribution in [-0.4, -0.2) is 43.3 Å². The van der Waals surface area contributed by atoms with Gasteiger partial charge in [0.1, 0.15) is 17.2 Å². The van der Waals surface area contributed by atoms with E-state index in [9.17, 15) is 9.59 Å². The number of fused-ring (bicyclic) bond motifs is 2. The van der Waals surface area contributed by atoms with Crippen LogP contribution in [0.15, 0.2) is 39.9 Å². The number of rotatable bonds is 6. The first-order chi connectivity index (χ1) is 16.2. The fraction of sp³-hybridized carbons (Fsp3) is 0.360. The molecule has 3 aromatic heterocycles. The lowest BCUT2D eigenvalue weighted by molar-refractivity contribution is 0.634. The Morgan fingerprint density at radius 2 is 1.91 bits per heavy atom. The van der Waals surface area contributed by atoms with Crippen molar-refractivity contribution in [2.45, 2.75) is 39.9 Å². The van der Waals surface area contributed by atoms with Gasteiger partial charge in [-0.15, -0.1) is 5.92 Å². The quantitative estimate of drug-likeness (QED) is 0.440. The van der Waals surface area contributed by atoms with Crippen LogP contribution in [0.2, 0.25) is 0 Å². The van der Waals surface area contributed by atoms with E-state index in [2.05, 4.69) is 21.8 Å². The molecule has 4 aromatic rings. The van der Waals surface area contributed by atoms with E-state index in [0.29, 0.717) is 29.9 Å². The third-order valence-corrected chi connectivity index (χ3v) is 5.89. The molecule has 0 radical (unpaired) electrons. The first-order valence-corrected chi connectivity index (χ1v) is 11.1. The van der Waals surface area contributed by atoms with Crippen molar-refractivity contribution in [3.05, 3.63) is 62.7 Å². The number of para-hydroxylation sites is 1. The van der Waals surface area contributed by atoms with Gasteiger partial charge in [-0.3, -0.25) is 13.9 Å². The maximum Gasteiger partial charge on any atom is 0.331 e. The molecule has 0 saturated heterocycles. The van der Waals surface area contributed by atoms with Gasteiger partial charge >= 0.3 is 5.69 Å². The zero-order chi connectivity index (χ0) is 24.6. The van der Waals surface area contributed by atoms with E-state index in [1.54, 1.807) is 14.0 Å². The third-order valence-electron chi connectivity index (χ3n) is 5.89. The number of hydrogen-bond acceptors (Lipinski definition) is 6. The number of nitrogens with zero attached hydrogens (tertiary/aromatic N) is 6. The molecule has 4 rings (SSSR count). The molecule has 0 spiro atoms. The number of likely N-dealkylation sites (N-methyl/N-ethyl adjacent to an activating group) is 1. The summed E-state index contributed by atoms with van der Waals surface area (Å²) in [5.74, 6) is 7.12. The predicted molar refractivity (Wildman–Crippen MR) is 135 cm³/mol. The Balaban J connectivity index is 1.93. The van der Waals surface area contributed by atoms with Gasteiger partial charge in [0.2, 0.25) is 0 Å². The molecule has 34 heavy (non-hydrogen) atoms. The van der Waals surface area contributed by atoms with Gasteiger partial charge in [-0.1, -0.05) is 24.1 Å². The molecule has 0 aliphatic heterocycles. The molecule has 0 unspecified atom stereocenters. The summed E-state index contributed by atoms with van der Waals surface area (Å²) in [6.07, 6.45) is 0. The van der Waals surface area contributed by atoms with Crippen molar-refractivity contribution >= 4 is 27.8 Å². The summed E-state index contributed by atoms with van der Waals surface area (Å²) >= 11 is 0. The monoisotopic (exact) mass is 459 g/mol. The Morgan fingerprint density at radius 1 is 1.18 bits per heavy atom.